The van der Waals surface area contributed by atoms with Crippen LogP contribution in [0.15, 0.2) is 24.3 Å². The van der Waals surface area contributed by atoms with Gasteiger partial charge in [-0.2, -0.15) is 0 Å². The molecule has 6 nitrogen and oxygen atoms in total. The highest BCUT2D eigenvalue weighted by atomic mass is 16.7. The van der Waals surface area contributed by atoms with Gasteiger partial charge in [0.25, 0.3) is 0 Å². The standard InChI is InChI=1S/C26H38BNO5/c1-24(2,3)31-23(30)28-20-11-12-21(28)16-18(15-20)22(29)14-17-9-8-10-19(13-17)27-32-25(4,5)26(6,7)33-27/h8-10,13,18,20-21H,11-12,14-16H2,1-7H3. The second-order valence-corrected chi connectivity index (χ2v) is 11.9. The van der Waals surface area contributed by atoms with Gasteiger partial charge in [-0.1, -0.05) is 24.3 Å². The summed E-state index contributed by atoms with van der Waals surface area (Å²) in [5, 5.41) is 0. The topological polar surface area (TPSA) is 65.1 Å². The summed E-state index contributed by atoms with van der Waals surface area (Å²) in [6.07, 6.45) is 3.51. The number of hydrogen-bond acceptors (Lipinski definition) is 5. The maximum atomic E-state index is 13.2. The van der Waals surface area contributed by atoms with Crippen molar-refractivity contribution >= 4 is 24.5 Å². The van der Waals surface area contributed by atoms with Crippen LogP contribution in [0.5, 0.6) is 0 Å². The van der Waals surface area contributed by atoms with Gasteiger partial charge < -0.3 is 18.9 Å². The Hall–Kier alpha value is -1.86. The van der Waals surface area contributed by atoms with Crippen LogP contribution in [-0.2, 0) is 25.3 Å². The lowest BCUT2D eigenvalue weighted by Gasteiger charge is -2.39. The van der Waals surface area contributed by atoms with E-state index in [1.807, 2.05) is 77.6 Å². The van der Waals surface area contributed by atoms with Crippen LogP contribution in [0.1, 0.15) is 79.7 Å². The third-order valence-corrected chi connectivity index (χ3v) is 7.65. The van der Waals surface area contributed by atoms with Crippen LogP contribution in [0.2, 0.25) is 0 Å². The molecule has 0 radical (unpaired) electrons. The number of rotatable bonds is 4. The third-order valence-electron chi connectivity index (χ3n) is 7.65. The number of nitrogens with zero attached hydrogens (tertiary/aromatic N) is 1. The molecule has 0 N–H and O–H groups in total. The van der Waals surface area contributed by atoms with E-state index in [1.165, 1.54) is 0 Å². The number of ketones is 1. The molecule has 1 aromatic rings. The largest absolute Gasteiger partial charge is 0.494 e. The number of piperidine rings is 1. The number of hydrogen-bond donors (Lipinski definition) is 0. The fraction of sp³-hybridized carbons (Fsp3) is 0.692. The first kappa shape index (κ1) is 24.3. The van der Waals surface area contributed by atoms with Gasteiger partial charge in [-0.25, -0.2) is 4.79 Å². The first-order valence-corrected chi connectivity index (χ1v) is 12.2. The van der Waals surface area contributed by atoms with Crippen LogP contribution in [0.25, 0.3) is 0 Å². The summed E-state index contributed by atoms with van der Waals surface area (Å²) in [5.41, 5.74) is 0.620. The average Bonchev–Trinajstić information content (AvgIpc) is 3.08. The molecule has 0 aromatic heterocycles. The number of fused-ring (bicyclic) bond motifs is 2. The van der Waals surface area contributed by atoms with Gasteiger partial charge in [-0.05, 0) is 85.2 Å². The van der Waals surface area contributed by atoms with Crippen molar-refractivity contribution < 1.29 is 23.6 Å². The molecule has 0 aliphatic carbocycles. The zero-order valence-electron chi connectivity index (χ0n) is 21.1. The van der Waals surface area contributed by atoms with Gasteiger partial charge in [-0.15, -0.1) is 0 Å². The van der Waals surface area contributed by atoms with Gasteiger partial charge in [0.2, 0.25) is 0 Å². The average molecular weight is 455 g/mol. The lowest BCUT2D eigenvalue weighted by atomic mass is 9.77. The van der Waals surface area contributed by atoms with Crippen molar-refractivity contribution in [3.63, 3.8) is 0 Å². The Bertz CT molecular complexity index is 892. The zero-order valence-corrected chi connectivity index (χ0v) is 21.1. The summed E-state index contributed by atoms with van der Waals surface area (Å²) in [6, 6.07) is 8.20. The minimum atomic E-state index is -0.509. The van der Waals surface area contributed by atoms with E-state index < -0.39 is 23.9 Å². The fourth-order valence-electron chi connectivity index (χ4n) is 5.23. The Morgan fingerprint density at radius 3 is 2.18 bits per heavy atom. The summed E-state index contributed by atoms with van der Waals surface area (Å²) >= 11 is 0. The van der Waals surface area contributed by atoms with Crippen molar-refractivity contribution in [2.24, 2.45) is 5.92 Å². The molecule has 3 fully saturated rings. The molecule has 180 valence electrons. The molecule has 3 heterocycles. The summed E-state index contributed by atoms with van der Waals surface area (Å²) in [6.45, 7) is 13.8. The second-order valence-electron chi connectivity index (χ2n) is 11.9. The van der Waals surface area contributed by atoms with Gasteiger partial charge in [0.15, 0.2) is 0 Å². The molecule has 2 bridgehead atoms. The molecule has 3 aliphatic rings. The minimum absolute atomic E-state index is 0.0123. The number of ether oxygens (including phenoxy) is 1. The second kappa shape index (κ2) is 8.42. The van der Waals surface area contributed by atoms with Crippen molar-refractivity contribution in [3.05, 3.63) is 29.8 Å². The van der Waals surface area contributed by atoms with Crippen molar-refractivity contribution in [3.8, 4) is 0 Å². The van der Waals surface area contributed by atoms with Gasteiger partial charge in [0.05, 0.1) is 11.2 Å². The lowest BCUT2D eigenvalue weighted by molar-refractivity contribution is -0.124. The Balaban J connectivity index is 1.39. The summed E-state index contributed by atoms with van der Waals surface area (Å²) in [7, 11) is -0.432. The SMILES string of the molecule is CC(C)(C)OC(=O)N1C2CCC1CC(C(=O)Cc1cccc(B3OC(C)(C)C(C)(C)O3)c1)C2. The molecule has 2 unspecified atom stereocenters. The van der Waals surface area contributed by atoms with E-state index in [0.717, 1.165) is 36.7 Å². The number of carbonyl (C=O) groups excluding carboxylic acids is 2. The number of benzene rings is 1. The Morgan fingerprint density at radius 1 is 1.06 bits per heavy atom. The van der Waals surface area contributed by atoms with E-state index in [2.05, 4.69) is 0 Å². The van der Waals surface area contributed by atoms with Crippen molar-refractivity contribution in [1.29, 1.82) is 0 Å². The van der Waals surface area contributed by atoms with E-state index in [4.69, 9.17) is 14.0 Å². The van der Waals surface area contributed by atoms with Crippen molar-refractivity contribution in [2.75, 3.05) is 0 Å². The molecule has 0 spiro atoms. The summed E-state index contributed by atoms with van der Waals surface area (Å²) < 4.78 is 18.0. The highest BCUT2D eigenvalue weighted by molar-refractivity contribution is 6.62. The van der Waals surface area contributed by atoms with Crippen LogP contribution >= 0.6 is 0 Å². The third kappa shape index (κ3) is 4.99. The minimum Gasteiger partial charge on any atom is -0.444 e. The molecule has 4 rings (SSSR count). The van der Waals surface area contributed by atoms with Crippen LogP contribution in [0.4, 0.5) is 4.79 Å². The maximum absolute atomic E-state index is 13.2. The van der Waals surface area contributed by atoms with E-state index >= 15 is 0 Å². The molecule has 33 heavy (non-hydrogen) atoms. The lowest BCUT2D eigenvalue weighted by Crippen LogP contribution is -2.49. The molecule has 0 saturated carbocycles. The Labute approximate surface area is 198 Å². The van der Waals surface area contributed by atoms with Crippen LogP contribution < -0.4 is 5.46 Å². The van der Waals surface area contributed by atoms with E-state index in [0.29, 0.717) is 6.42 Å². The smallest absolute Gasteiger partial charge is 0.444 e. The molecule has 7 heteroatoms. The van der Waals surface area contributed by atoms with Gasteiger partial charge in [-0.3, -0.25) is 4.79 Å². The molecule has 3 aliphatic heterocycles. The molecule has 2 atom stereocenters. The highest BCUT2D eigenvalue weighted by Gasteiger charge is 2.52. The molecule has 1 aromatic carbocycles. The zero-order chi connectivity index (χ0) is 24.2. The Morgan fingerprint density at radius 2 is 1.64 bits per heavy atom. The molecule has 3 saturated heterocycles. The van der Waals surface area contributed by atoms with Gasteiger partial charge >= 0.3 is 13.2 Å². The quantitative estimate of drug-likeness (QED) is 0.635. The van der Waals surface area contributed by atoms with Crippen LogP contribution in [-0.4, -0.2) is 52.8 Å². The molecular formula is C26H38BNO5. The van der Waals surface area contributed by atoms with Crippen molar-refractivity contribution in [1.82, 2.24) is 4.90 Å². The van der Waals surface area contributed by atoms with Crippen LogP contribution in [0.3, 0.4) is 0 Å². The van der Waals surface area contributed by atoms with Crippen molar-refractivity contribution in [2.45, 2.75) is 109 Å². The predicted molar refractivity (Wildman–Crippen MR) is 128 cm³/mol. The number of amides is 1. The van der Waals surface area contributed by atoms with Gasteiger partial charge in [0.1, 0.15) is 11.4 Å². The maximum Gasteiger partial charge on any atom is 0.494 e. The molecular weight excluding hydrogens is 417 g/mol. The monoisotopic (exact) mass is 455 g/mol. The predicted octanol–water partition coefficient (Wildman–Crippen LogP) is 4.28. The van der Waals surface area contributed by atoms with Crippen LogP contribution in [0, 0.1) is 5.92 Å². The first-order valence-electron chi connectivity index (χ1n) is 12.2. The normalized spacial score (nSPS) is 28.2. The number of carbonyl (C=O) groups is 2. The van der Waals surface area contributed by atoms with E-state index in [-0.39, 0.29) is 29.9 Å². The van der Waals surface area contributed by atoms with E-state index in [9.17, 15) is 9.59 Å². The van der Waals surface area contributed by atoms with E-state index in [1.54, 1.807) is 0 Å². The first-order chi connectivity index (χ1) is 15.3. The fourth-order valence-corrected chi connectivity index (χ4v) is 5.23. The Kier molecular flexibility index (Phi) is 6.19. The highest BCUT2D eigenvalue weighted by Crippen LogP contribution is 2.40. The summed E-state index contributed by atoms with van der Waals surface area (Å²) in [5.74, 6) is 0.239. The van der Waals surface area contributed by atoms with Gasteiger partial charge in [0, 0.05) is 24.4 Å². The molecule has 1 amide bonds. The summed E-state index contributed by atoms with van der Waals surface area (Å²) in [4.78, 5) is 27.8. The number of Topliss-reactive ketones (excluding diaryl/α,β-unsaturated/α-hetero) is 1.